The number of nitrogen functional groups attached to an aromatic ring is 1. The molecule has 0 bridgehead atoms. The van der Waals surface area contributed by atoms with Crippen LogP contribution in [-0.4, -0.2) is 4.98 Å². The topological polar surface area (TPSA) is 38.9 Å². The van der Waals surface area contributed by atoms with Crippen LogP contribution in [0.5, 0.6) is 0 Å². The van der Waals surface area contributed by atoms with Crippen LogP contribution in [0.2, 0.25) is 5.02 Å². The summed E-state index contributed by atoms with van der Waals surface area (Å²) in [7, 11) is 0. The van der Waals surface area contributed by atoms with Crippen LogP contribution in [0, 0.1) is 0 Å². The van der Waals surface area contributed by atoms with Crippen LogP contribution < -0.4 is 5.73 Å². The summed E-state index contributed by atoms with van der Waals surface area (Å²) in [6, 6.07) is 13.7. The molecule has 3 aromatic rings. The maximum Gasteiger partial charge on any atom is 0.0982 e. The number of nitrogens with zero attached hydrogens (tertiary/aromatic N) is 1. The van der Waals surface area contributed by atoms with E-state index in [0.717, 1.165) is 32.4 Å². The van der Waals surface area contributed by atoms with Crippen molar-refractivity contribution in [2.45, 2.75) is 6.42 Å². The van der Waals surface area contributed by atoms with Crippen LogP contribution in [0.25, 0.3) is 10.2 Å². The van der Waals surface area contributed by atoms with Gasteiger partial charge in [-0.1, -0.05) is 23.7 Å². The fourth-order valence-electron chi connectivity index (χ4n) is 1.83. The number of hydrogen-bond acceptors (Lipinski definition) is 3. The predicted molar refractivity (Wildman–Crippen MR) is 78.3 cm³/mol. The zero-order chi connectivity index (χ0) is 12.5. The van der Waals surface area contributed by atoms with E-state index in [4.69, 9.17) is 17.3 Å². The van der Waals surface area contributed by atoms with Crippen molar-refractivity contribution in [1.29, 1.82) is 0 Å². The Morgan fingerprint density at radius 2 is 1.89 bits per heavy atom. The summed E-state index contributed by atoms with van der Waals surface area (Å²) >= 11 is 7.65. The number of anilines is 1. The fraction of sp³-hybridized carbons (Fsp3) is 0.0714. The van der Waals surface area contributed by atoms with E-state index >= 15 is 0 Å². The monoisotopic (exact) mass is 274 g/mol. The Bertz CT molecular complexity index is 689. The predicted octanol–water partition coefficient (Wildman–Crippen LogP) is 4.12. The molecule has 0 aliphatic rings. The van der Waals surface area contributed by atoms with Crippen LogP contribution in [0.15, 0.2) is 42.5 Å². The van der Waals surface area contributed by atoms with Gasteiger partial charge in [0.15, 0.2) is 0 Å². The molecule has 1 heterocycles. The lowest BCUT2D eigenvalue weighted by Crippen LogP contribution is -1.88. The van der Waals surface area contributed by atoms with Gasteiger partial charge in [-0.2, -0.15) is 0 Å². The molecule has 3 rings (SSSR count). The first-order valence-electron chi connectivity index (χ1n) is 5.60. The van der Waals surface area contributed by atoms with E-state index in [2.05, 4.69) is 4.98 Å². The minimum atomic E-state index is 0.755. The number of halogens is 1. The normalized spacial score (nSPS) is 10.9. The van der Waals surface area contributed by atoms with E-state index in [-0.39, 0.29) is 0 Å². The third-order valence-electron chi connectivity index (χ3n) is 2.73. The van der Waals surface area contributed by atoms with Crippen molar-refractivity contribution in [3.05, 3.63) is 58.1 Å². The van der Waals surface area contributed by atoms with Crippen LogP contribution >= 0.6 is 22.9 Å². The van der Waals surface area contributed by atoms with Crippen LogP contribution in [0.3, 0.4) is 0 Å². The van der Waals surface area contributed by atoms with Gasteiger partial charge in [0.1, 0.15) is 0 Å². The summed E-state index contributed by atoms with van der Waals surface area (Å²) in [5.41, 5.74) is 8.68. The number of thiazole rings is 1. The van der Waals surface area contributed by atoms with Crippen molar-refractivity contribution in [3.8, 4) is 0 Å². The molecule has 0 radical (unpaired) electrons. The zero-order valence-electron chi connectivity index (χ0n) is 9.56. The molecule has 0 saturated carbocycles. The Balaban J connectivity index is 1.92. The second kappa shape index (κ2) is 4.59. The first-order chi connectivity index (χ1) is 8.70. The molecule has 2 aromatic carbocycles. The van der Waals surface area contributed by atoms with Crippen molar-refractivity contribution in [3.63, 3.8) is 0 Å². The lowest BCUT2D eigenvalue weighted by atomic mass is 10.1. The maximum absolute atomic E-state index is 5.97. The standard InChI is InChI=1S/C14H11ClN2S/c15-10-3-6-12-13(8-10)18-14(17-12)7-9-1-4-11(16)5-2-9/h1-6,8H,7,16H2. The van der Waals surface area contributed by atoms with Gasteiger partial charge < -0.3 is 5.73 Å². The molecule has 0 aliphatic carbocycles. The highest BCUT2D eigenvalue weighted by atomic mass is 35.5. The van der Waals surface area contributed by atoms with Crippen molar-refractivity contribution < 1.29 is 0 Å². The highest BCUT2D eigenvalue weighted by Gasteiger charge is 2.05. The number of nitrogens with two attached hydrogens (primary N) is 1. The first kappa shape index (κ1) is 11.5. The van der Waals surface area contributed by atoms with E-state index in [9.17, 15) is 0 Å². The summed E-state index contributed by atoms with van der Waals surface area (Å²) < 4.78 is 1.13. The molecule has 2 N–H and O–H groups in total. The Hall–Kier alpha value is -1.58. The molecule has 4 heteroatoms. The lowest BCUT2D eigenvalue weighted by Gasteiger charge is -1.98. The summed E-state index contributed by atoms with van der Waals surface area (Å²) in [4.78, 5) is 4.60. The van der Waals surface area contributed by atoms with Gasteiger partial charge in [-0.25, -0.2) is 4.98 Å². The maximum atomic E-state index is 5.97. The molecule has 0 atom stereocenters. The molecule has 0 fully saturated rings. The molecule has 18 heavy (non-hydrogen) atoms. The minimum Gasteiger partial charge on any atom is -0.399 e. The van der Waals surface area contributed by atoms with Crippen molar-refractivity contribution in [2.75, 3.05) is 5.73 Å². The van der Waals surface area contributed by atoms with E-state index in [1.807, 2.05) is 42.5 Å². The summed E-state index contributed by atoms with van der Waals surface area (Å²) in [5.74, 6) is 0. The SMILES string of the molecule is Nc1ccc(Cc2nc3ccc(Cl)cc3s2)cc1. The average molecular weight is 275 g/mol. The number of fused-ring (bicyclic) bond motifs is 1. The Morgan fingerprint density at radius 1 is 1.11 bits per heavy atom. The average Bonchev–Trinajstić information content (AvgIpc) is 2.73. The molecule has 1 aromatic heterocycles. The van der Waals surface area contributed by atoms with Crippen molar-refractivity contribution in [2.24, 2.45) is 0 Å². The van der Waals surface area contributed by atoms with Gasteiger partial charge in [-0.15, -0.1) is 11.3 Å². The van der Waals surface area contributed by atoms with Gasteiger partial charge in [0.05, 0.1) is 15.2 Å². The second-order valence-corrected chi connectivity index (χ2v) is 5.69. The number of benzene rings is 2. The van der Waals surface area contributed by atoms with E-state index in [0.29, 0.717) is 0 Å². The third-order valence-corrected chi connectivity index (χ3v) is 3.98. The largest absolute Gasteiger partial charge is 0.399 e. The molecular formula is C14H11ClN2S. The van der Waals surface area contributed by atoms with Crippen molar-refractivity contribution in [1.82, 2.24) is 4.98 Å². The third kappa shape index (κ3) is 2.33. The number of rotatable bonds is 2. The molecule has 0 amide bonds. The molecule has 0 saturated heterocycles. The van der Waals surface area contributed by atoms with E-state index < -0.39 is 0 Å². The highest BCUT2D eigenvalue weighted by molar-refractivity contribution is 7.18. The summed E-state index contributed by atoms with van der Waals surface area (Å²) in [6.07, 6.45) is 0.831. The van der Waals surface area contributed by atoms with E-state index in [1.165, 1.54) is 5.56 Å². The fourth-order valence-corrected chi connectivity index (χ4v) is 3.11. The quantitative estimate of drug-likeness (QED) is 0.714. The van der Waals surface area contributed by atoms with Gasteiger partial charge in [-0.05, 0) is 35.9 Å². The van der Waals surface area contributed by atoms with E-state index in [1.54, 1.807) is 11.3 Å². The first-order valence-corrected chi connectivity index (χ1v) is 6.79. The van der Waals surface area contributed by atoms with Crippen molar-refractivity contribution >= 4 is 38.8 Å². The number of aromatic nitrogens is 1. The minimum absolute atomic E-state index is 0.755. The van der Waals surface area contributed by atoms with Gasteiger partial charge in [0.25, 0.3) is 0 Å². The Kier molecular flexibility index (Phi) is 2.94. The van der Waals surface area contributed by atoms with Crippen LogP contribution in [0.1, 0.15) is 10.6 Å². The molecule has 0 unspecified atom stereocenters. The van der Waals surface area contributed by atoms with Crippen LogP contribution in [-0.2, 0) is 6.42 Å². The summed E-state index contributed by atoms with van der Waals surface area (Å²) in [5, 5.41) is 1.85. The second-order valence-electron chi connectivity index (χ2n) is 4.14. The molecule has 90 valence electrons. The van der Waals surface area contributed by atoms with Gasteiger partial charge in [0, 0.05) is 17.1 Å². The molecule has 0 aliphatic heterocycles. The molecule has 2 nitrogen and oxygen atoms in total. The Labute approximate surface area is 114 Å². The number of hydrogen-bond donors (Lipinski definition) is 1. The van der Waals surface area contributed by atoms with Gasteiger partial charge in [-0.3, -0.25) is 0 Å². The Morgan fingerprint density at radius 3 is 2.67 bits per heavy atom. The highest BCUT2D eigenvalue weighted by Crippen LogP contribution is 2.26. The van der Waals surface area contributed by atoms with Crippen LogP contribution in [0.4, 0.5) is 5.69 Å². The molecular weight excluding hydrogens is 264 g/mol. The smallest absolute Gasteiger partial charge is 0.0982 e. The molecule has 0 spiro atoms. The summed E-state index contributed by atoms with van der Waals surface area (Å²) in [6.45, 7) is 0. The van der Waals surface area contributed by atoms with Gasteiger partial charge in [0.2, 0.25) is 0 Å². The zero-order valence-corrected chi connectivity index (χ0v) is 11.1. The lowest BCUT2D eigenvalue weighted by molar-refractivity contribution is 1.16. The van der Waals surface area contributed by atoms with Gasteiger partial charge >= 0.3 is 0 Å².